The van der Waals surface area contributed by atoms with Crippen LogP contribution in [0.2, 0.25) is 5.02 Å². The van der Waals surface area contributed by atoms with E-state index in [0.29, 0.717) is 22.3 Å². The number of aryl methyl sites for hydroxylation is 1. The lowest BCUT2D eigenvalue weighted by atomic mass is 10.0. The van der Waals surface area contributed by atoms with Gasteiger partial charge in [0.15, 0.2) is 0 Å². The SMILES string of the molecule is CCNC(c1ccc(CC)o1)c1ccc(Br)c(Cl)c1F. The Balaban J connectivity index is 2.45. The molecule has 1 unspecified atom stereocenters. The van der Waals surface area contributed by atoms with E-state index >= 15 is 0 Å². The predicted octanol–water partition coefficient (Wildman–Crippen LogP) is 5.10. The maximum absolute atomic E-state index is 14.4. The van der Waals surface area contributed by atoms with Crippen LogP contribution in [0.15, 0.2) is 33.2 Å². The van der Waals surface area contributed by atoms with Crippen LogP contribution in [-0.4, -0.2) is 6.54 Å². The first-order chi connectivity index (χ1) is 9.58. The third-order valence-electron chi connectivity index (χ3n) is 3.10. The smallest absolute Gasteiger partial charge is 0.148 e. The fraction of sp³-hybridized carbons (Fsp3) is 0.333. The van der Waals surface area contributed by atoms with Gasteiger partial charge in [-0.05, 0) is 40.7 Å². The average molecular weight is 361 g/mol. The highest BCUT2D eigenvalue weighted by atomic mass is 79.9. The van der Waals surface area contributed by atoms with Gasteiger partial charge in [-0.25, -0.2) is 4.39 Å². The molecule has 0 aliphatic carbocycles. The number of nitrogens with one attached hydrogen (secondary N) is 1. The standard InChI is InChI=1S/C15H16BrClFNO/c1-3-9-5-8-12(20-9)15(19-4-2)10-6-7-11(16)13(17)14(10)18/h5-8,15,19H,3-4H2,1-2H3. The van der Waals surface area contributed by atoms with E-state index in [1.165, 1.54) is 0 Å². The van der Waals surface area contributed by atoms with Crippen molar-refractivity contribution in [1.29, 1.82) is 0 Å². The molecule has 0 saturated heterocycles. The Morgan fingerprint density at radius 2 is 2.05 bits per heavy atom. The van der Waals surface area contributed by atoms with Crippen LogP contribution < -0.4 is 5.32 Å². The van der Waals surface area contributed by atoms with E-state index < -0.39 is 5.82 Å². The van der Waals surface area contributed by atoms with Crippen LogP contribution >= 0.6 is 27.5 Å². The van der Waals surface area contributed by atoms with Gasteiger partial charge in [-0.2, -0.15) is 0 Å². The second-order valence-corrected chi connectivity index (χ2v) is 5.65. The summed E-state index contributed by atoms with van der Waals surface area (Å²) in [7, 11) is 0. The van der Waals surface area contributed by atoms with Crippen molar-refractivity contribution >= 4 is 27.5 Å². The zero-order valence-corrected chi connectivity index (χ0v) is 13.7. The molecule has 0 fully saturated rings. The highest BCUT2D eigenvalue weighted by molar-refractivity contribution is 9.10. The maximum atomic E-state index is 14.4. The number of furan rings is 1. The summed E-state index contributed by atoms with van der Waals surface area (Å²) in [6.07, 6.45) is 0.808. The molecule has 5 heteroatoms. The molecule has 1 atom stereocenters. The number of hydrogen-bond donors (Lipinski definition) is 1. The van der Waals surface area contributed by atoms with Crippen molar-refractivity contribution in [2.45, 2.75) is 26.3 Å². The van der Waals surface area contributed by atoms with Gasteiger partial charge in [0.2, 0.25) is 0 Å². The quantitative estimate of drug-likeness (QED) is 0.751. The van der Waals surface area contributed by atoms with Crippen molar-refractivity contribution < 1.29 is 8.81 Å². The molecule has 0 aliphatic heterocycles. The van der Waals surface area contributed by atoms with Crippen molar-refractivity contribution in [3.8, 4) is 0 Å². The number of hydrogen-bond acceptors (Lipinski definition) is 2. The van der Waals surface area contributed by atoms with E-state index in [0.717, 1.165) is 12.2 Å². The van der Waals surface area contributed by atoms with E-state index in [4.69, 9.17) is 16.0 Å². The number of halogens is 3. The normalized spacial score (nSPS) is 12.7. The highest BCUT2D eigenvalue weighted by Crippen LogP contribution is 2.33. The summed E-state index contributed by atoms with van der Waals surface area (Å²) in [5.41, 5.74) is 0.483. The van der Waals surface area contributed by atoms with E-state index in [1.807, 2.05) is 26.0 Å². The molecule has 0 aliphatic rings. The van der Waals surface area contributed by atoms with Gasteiger partial charge in [0.25, 0.3) is 0 Å². The molecule has 0 saturated carbocycles. The molecule has 0 radical (unpaired) electrons. The Morgan fingerprint density at radius 1 is 1.30 bits per heavy atom. The average Bonchev–Trinajstić information content (AvgIpc) is 2.92. The molecule has 1 heterocycles. The van der Waals surface area contributed by atoms with Crippen LogP contribution in [0.5, 0.6) is 0 Å². The first-order valence-corrected chi connectivity index (χ1v) is 7.70. The van der Waals surface area contributed by atoms with Gasteiger partial charge < -0.3 is 9.73 Å². The molecule has 1 aromatic heterocycles. The van der Waals surface area contributed by atoms with Crippen LogP contribution in [0, 0.1) is 5.82 Å². The van der Waals surface area contributed by atoms with E-state index in [-0.39, 0.29) is 11.1 Å². The van der Waals surface area contributed by atoms with Crippen molar-refractivity contribution in [1.82, 2.24) is 5.32 Å². The second kappa shape index (κ2) is 6.74. The van der Waals surface area contributed by atoms with E-state index in [9.17, 15) is 4.39 Å². The monoisotopic (exact) mass is 359 g/mol. The van der Waals surface area contributed by atoms with Crippen molar-refractivity contribution in [2.75, 3.05) is 6.54 Å². The van der Waals surface area contributed by atoms with Gasteiger partial charge in [0.05, 0.1) is 11.1 Å². The first-order valence-electron chi connectivity index (χ1n) is 6.53. The highest BCUT2D eigenvalue weighted by Gasteiger charge is 2.22. The topological polar surface area (TPSA) is 25.2 Å². The molecule has 2 nitrogen and oxygen atoms in total. The minimum atomic E-state index is -0.429. The van der Waals surface area contributed by atoms with Gasteiger partial charge in [0.1, 0.15) is 17.3 Å². The molecule has 108 valence electrons. The Kier molecular flexibility index (Phi) is 5.24. The molecular formula is C15H16BrClFNO. The summed E-state index contributed by atoms with van der Waals surface area (Å²) < 4.78 is 20.7. The molecule has 0 spiro atoms. The summed E-state index contributed by atoms with van der Waals surface area (Å²) in [5.74, 6) is 1.15. The van der Waals surface area contributed by atoms with Gasteiger partial charge >= 0.3 is 0 Å². The van der Waals surface area contributed by atoms with E-state index in [2.05, 4.69) is 21.2 Å². The minimum absolute atomic E-state index is 0.0904. The zero-order chi connectivity index (χ0) is 14.7. The van der Waals surface area contributed by atoms with Gasteiger partial charge in [-0.15, -0.1) is 0 Å². The lowest BCUT2D eigenvalue weighted by Gasteiger charge is -2.17. The lowest BCUT2D eigenvalue weighted by molar-refractivity contribution is 0.418. The summed E-state index contributed by atoms with van der Waals surface area (Å²) in [4.78, 5) is 0. The Hall–Kier alpha value is -0.840. The molecule has 2 rings (SSSR count). The predicted molar refractivity (Wildman–Crippen MR) is 82.7 cm³/mol. The maximum Gasteiger partial charge on any atom is 0.148 e. The molecule has 2 aromatic rings. The third-order valence-corrected chi connectivity index (χ3v) is 4.36. The Bertz CT molecular complexity index is 600. The van der Waals surface area contributed by atoms with Crippen LogP contribution in [0.4, 0.5) is 4.39 Å². The van der Waals surface area contributed by atoms with Crippen LogP contribution in [0.1, 0.15) is 37.0 Å². The Morgan fingerprint density at radius 3 is 2.65 bits per heavy atom. The van der Waals surface area contributed by atoms with Crippen LogP contribution in [-0.2, 0) is 6.42 Å². The second-order valence-electron chi connectivity index (χ2n) is 4.41. The minimum Gasteiger partial charge on any atom is -0.464 e. The lowest BCUT2D eigenvalue weighted by Crippen LogP contribution is -2.22. The van der Waals surface area contributed by atoms with Crippen molar-refractivity contribution in [3.05, 3.63) is 56.7 Å². The fourth-order valence-electron chi connectivity index (χ4n) is 2.07. The van der Waals surface area contributed by atoms with Gasteiger partial charge in [-0.1, -0.05) is 31.5 Å². The number of benzene rings is 1. The first kappa shape index (κ1) is 15.5. The fourth-order valence-corrected chi connectivity index (χ4v) is 2.55. The largest absolute Gasteiger partial charge is 0.464 e. The van der Waals surface area contributed by atoms with Crippen molar-refractivity contribution in [2.24, 2.45) is 0 Å². The van der Waals surface area contributed by atoms with Crippen LogP contribution in [0.3, 0.4) is 0 Å². The van der Waals surface area contributed by atoms with E-state index in [1.54, 1.807) is 12.1 Å². The molecule has 20 heavy (non-hydrogen) atoms. The summed E-state index contributed by atoms with van der Waals surface area (Å²) in [6, 6.07) is 6.91. The molecule has 1 aromatic carbocycles. The molecule has 0 bridgehead atoms. The van der Waals surface area contributed by atoms with Crippen molar-refractivity contribution in [3.63, 3.8) is 0 Å². The van der Waals surface area contributed by atoms with Gasteiger partial charge in [0, 0.05) is 16.5 Å². The summed E-state index contributed by atoms with van der Waals surface area (Å²) in [6.45, 7) is 4.68. The third kappa shape index (κ3) is 3.08. The van der Waals surface area contributed by atoms with Crippen LogP contribution in [0.25, 0.3) is 0 Å². The van der Waals surface area contributed by atoms with Gasteiger partial charge in [-0.3, -0.25) is 0 Å². The zero-order valence-electron chi connectivity index (χ0n) is 11.3. The summed E-state index contributed by atoms with van der Waals surface area (Å²) in [5, 5.41) is 3.32. The molecular weight excluding hydrogens is 345 g/mol. The summed E-state index contributed by atoms with van der Waals surface area (Å²) >= 11 is 9.19. The number of rotatable bonds is 5. The molecule has 0 amide bonds. The Labute approximate surface area is 131 Å². The molecule has 1 N–H and O–H groups in total.